The Labute approximate surface area is 131 Å². The molecule has 2 aromatic rings. The van der Waals surface area contributed by atoms with Gasteiger partial charge in [-0.15, -0.1) is 0 Å². The lowest BCUT2D eigenvalue weighted by molar-refractivity contribution is 0.659. The van der Waals surface area contributed by atoms with Gasteiger partial charge in [0.2, 0.25) is 0 Å². The third-order valence-corrected chi connectivity index (χ3v) is 3.55. The zero-order valence-corrected chi connectivity index (χ0v) is 13.6. The Kier molecular flexibility index (Phi) is 5.33. The van der Waals surface area contributed by atoms with Crippen molar-refractivity contribution in [3.05, 3.63) is 47.8 Å². The van der Waals surface area contributed by atoms with Gasteiger partial charge < -0.3 is 10.6 Å². The number of nitrogens with zero attached hydrogens (tertiary/aromatic N) is 2. The Morgan fingerprint density at radius 2 is 2.00 bits per heavy atom. The molecule has 0 saturated carbocycles. The average Bonchev–Trinajstić information content (AvgIpc) is 2.94. The second-order valence-corrected chi connectivity index (χ2v) is 5.70. The van der Waals surface area contributed by atoms with E-state index >= 15 is 0 Å². The van der Waals surface area contributed by atoms with Gasteiger partial charge in [-0.1, -0.05) is 26.0 Å². The van der Waals surface area contributed by atoms with Crippen LogP contribution in [-0.4, -0.2) is 14.9 Å². The van der Waals surface area contributed by atoms with E-state index in [2.05, 4.69) is 60.8 Å². The van der Waals surface area contributed by atoms with Crippen LogP contribution >= 0.6 is 12.2 Å². The number of anilines is 1. The van der Waals surface area contributed by atoms with Crippen molar-refractivity contribution >= 4 is 23.0 Å². The van der Waals surface area contributed by atoms with Crippen LogP contribution in [-0.2, 0) is 13.1 Å². The maximum absolute atomic E-state index is 5.31. The van der Waals surface area contributed by atoms with Gasteiger partial charge in [0.15, 0.2) is 5.11 Å². The smallest absolute Gasteiger partial charge is 0.171 e. The third kappa shape index (κ3) is 4.56. The van der Waals surface area contributed by atoms with Crippen LogP contribution in [0.2, 0.25) is 0 Å². The van der Waals surface area contributed by atoms with Gasteiger partial charge in [-0.2, -0.15) is 5.10 Å². The first-order chi connectivity index (χ1) is 10.1. The molecule has 0 fully saturated rings. The maximum atomic E-state index is 5.31. The largest absolute Gasteiger partial charge is 0.358 e. The first-order valence-corrected chi connectivity index (χ1v) is 7.65. The Balaban J connectivity index is 1.83. The molecule has 0 saturated heterocycles. The molecular weight excluding hydrogens is 280 g/mol. The molecule has 112 valence electrons. The first kappa shape index (κ1) is 15.5. The van der Waals surface area contributed by atoms with Crippen LogP contribution in [0.15, 0.2) is 36.7 Å². The number of aryl methyl sites for hydroxylation is 1. The summed E-state index contributed by atoms with van der Waals surface area (Å²) in [6, 6.07) is 8.36. The van der Waals surface area contributed by atoms with Crippen LogP contribution in [0.3, 0.4) is 0 Å². The molecule has 0 amide bonds. The van der Waals surface area contributed by atoms with E-state index in [9.17, 15) is 0 Å². The van der Waals surface area contributed by atoms with E-state index in [0.29, 0.717) is 17.6 Å². The van der Waals surface area contributed by atoms with Gasteiger partial charge in [-0.05, 0) is 42.8 Å². The van der Waals surface area contributed by atoms with Gasteiger partial charge in [-0.3, -0.25) is 4.68 Å². The van der Waals surface area contributed by atoms with Gasteiger partial charge in [0.1, 0.15) is 0 Å². The number of aromatic nitrogens is 2. The zero-order valence-electron chi connectivity index (χ0n) is 12.8. The van der Waals surface area contributed by atoms with Crippen molar-refractivity contribution in [2.75, 3.05) is 5.32 Å². The van der Waals surface area contributed by atoms with Gasteiger partial charge in [0, 0.05) is 30.5 Å². The van der Waals surface area contributed by atoms with Crippen LogP contribution in [0.4, 0.5) is 5.69 Å². The molecule has 0 aliphatic heterocycles. The predicted molar refractivity (Wildman–Crippen MR) is 91.5 cm³/mol. The lowest BCUT2D eigenvalue weighted by atomic mass is 10.0. The first-order valence-electron chi connectivity index (χ1n) is 7.24. The molecular formula is C16H22N4S. The normalized spacial score (nSPS) is 10.7. The van der Waals surface area contributed by atoms with Crippen LogP contribution in [0, 0.1) is 0 Å². The van der Waals surface area contributed by atoms with Crippen molar-refractivity contribution in [2.45, 2.75) is 39.8 Å². The second-order valence-electron chi connectivity index (χ2n) is 5.29. The fourth-order valence-electron chi connectivity index (χ4n) is 1.98. The van der Waals surface area contributed by atoms with Crippen molar-refractivity contribution in [1.82, 2.24) is 15.1 Å². The minimum atomic E-state index is 0.541. The summed E-state index contributed by atoms with van der Waals surface area (Å²) in [6.45, 7) is 7.99. The fourth-order valence-corrected chi connectivity index (χ4v) is 2.17. The third-order valence-electron chi connectivity index (χ3n) is 3.30. The summed E-state index contributed by atoms with van der Waals surface area (Å²) < 4.78 is 1.90. The van der Waals surface area contributed by atoms with E-state index in [1.165, 1.54) is 5.56 Å². The monoisotopic (exact) mass is 302 g/mol. The molecule has 0 aliphatic rings. The van der Waals surface area contributed by atoms with E-state index in [1.54, 1.807) is 0 Å². The number of nitrogens with one attached hydrogen (secondary N) is 2. The van der Waals surface area contributed by atoms with Crippen molar-refractivity contribution in [3.63, 3.8) is 0 Å². The van der Waals surface area contributed by atoms with E-state index in [-0.39, 0.29) is 0 Å². The molecule has 0 spiro atoms. The number of thiocarbonyl (C=S) groups is 1. The standard InChI is InChI=1S/C16H22N4S/c1-4-20-11-13(10-18-20)9-17-16(21)19-15-7-5-14(6-8-15)12(2)3/h5-8,10-12H,4,9H2,1-3H3,(H2,17,19,21). The molecule has 0 aliphatic carbocycles. The van der Waals surface area contributed by atoms with E-state index in [0.717, 1.165) is 17.8 Å². The minimum absolute atomic E-state index is 0.541. The highest BCUT2D eigenvalue weighted by atomic mass is 32.1. The van der Waals surface area contributed by atoms with Gasteiger partial charge in [0.05, 0.1) is 6.20 Å². The SMILES string of the molecule is CCn1cc(CNC(=S)Nc2ccc(C(C)C)cc2)cn1. The number of benzene rings is 1. The molecule has 1 aromatic carbocycles. The highest BCUT2D eigenvalue weighted by Crippen LogP contribution is 2.17. The maximum Gasteiger partial charge on any atom is 0.171 e. The molecule has 2 rings (SSSR count). The molecule has 1 aromatic heterocycles. The summed E-state index contributed by atoms with van der Waals surface area (Å²) in [4.78, 5) is 0. The summed E-state index contributed by atoms with van der Waals surface area (Å²) in [5, 5.41) is 11.2. The van der Waals surface area contributed by atoms with E-state index in [4.69, 9.17) is 12.2 Å². The molecule has 21 heavy (non-hydrogen) atoms. The zero-order chi connectivity index (χ0) is 15.2. The molecule has 4 nitrogen and oxygen atoms in total. The topological polar surface area (TPSA) is 41.9 Å². The Morgan fingerprint density at radius 3 is 2.57 bits per heavy atom. The summed E-state index contributed by atoms with van der Waals surface area (Å²) in [5.74, 6) is 0.541. The summed E-state index contributed by atoms with van der Waals surface area (Å²) in [6.07, 6.45) is 3.88. The summed E-state index contributed by atoms with van der Waals surface area (Å²) in [7, 11) is 0. The molecule has 0 bridgehead atoms. The van der Waals surface area contributed by atoms with Crippen LogP contribution in [0.5, 0.6) is 0 Å². The van der Waals surface area contributed by atoms with E-state index in [1.807, 2.05) is 17.1 Å². The quantitative estimate of drug-likeness (QED) is 0.829. The highest BCUT2D eigenvalue weighted by Gasteiger charge is 2.02. The lowest BCUT2D eigenvalue weighted by Gasteiger charge is -2.11. The van der Waals surface area contributed by atoms with Crippen molar-refractivity contribution < 1.29 is 0 Å². The van der Waals surface area contributed by atoms with Crippen LogP contribution in [0.1, 0.15) is 37.8 Å². The van der Waals surface area contributed by atoms with Gasteiger partial charge >= 0.3 is 0 Å². The van der Waals surface area contributed by atoms with Gasteiger partial charge in [-0.25, -0.2) is 0 Å². The number of hydrogen-bond acceptors (Lipinski definition) is 2. The van der Waals surface area contributed by atoms with Crippen molar-refractivity contribution in [1.29, 1.82) is 0 Å². The molecule has 1 heterocycles. The van der Waals surface area contributed by atoms with Crippen LogP contribution in [0.25, 0.3) is 0 Å². The molecule has 0 atom stereocenters. The molecule has 0 radical (unpaired) electrons. The number of hydrogen-bond donors (Lipinski definition) is 2. The van der Waals surface area contributed by atoms with Crippen molar-refractivity contribution in [2.24, 2.45) is 0 Å². The Bertz CT molecular complexity index is 587. The predicted octanol–water partition coefficient (Wildman–Crippen LogP) is 3.51. The van der Waals surface area contributed by atoms with Gasteiger partial charge in [0.25, 0.3) is 0 Å². The highest BCUT2D eigenvalue weighted by molar-refractivity contribution is 7.80. The van der Waals surface area contributed by atoms with Crippen molar-refractivity contribution in [3.8, 4) is 0 Å². The Hall–Kier alpha value is -1.88. The van der Waals surface area contributed by atoms with Crippen LogP contribution < -0.4 is 10.6 Å². The molecule has 2 N–H and O–H groups in total. The number of rotatable bonds is 5. The fraction of sp³-hybridized carbons (Fsp3) is 0.375. The minimum Gasteiger partial charge on any atom is -0.358 e. The molecule has 0 unspecified atom stereocenters. The second kappa shape index (κ2) is 7.22. The lowest BCUT2D eigenvalue weighted by Crippen LogP contribution is -2.27. The van der Waals surface area contributed by atoms with E-state index < -0.39 is 0 Å². The molecule has 5 heteroatoms. The summed E-state index contributed by atoms with van der Waals surface area (Å²) in [5.41, 5.74) is 3.45. The Morgan fingerprint density at radius 1 is 1.29 bits per heavy atom. The average molecular weight is 302 g/mol. The summed E-state index contributed by atoms with van der Waals surface area (Å²) >= 11 is 5.31.